The van der Waals surface area contributed by atoms with Gasteiger partial charge < -0.3 is 24.6 Å². The molecule has 0 radical (unpaired) electrons. The number of ether oxygens (including phenoxy) is 2. The zero-order valence-corrected chi connectivity index (χ0v) is 17.1. The Morgan fingerprint density at radius 2 is 2.03 bits per heavy atom. The molecule has 2 aliphatic rings. The van der Waals surface area contributed by atoms with Crippen molar-refractivity contribution in [3.63, 3.8) is 0 Å². The molecule has 1 N–H and O–H groups in total. The number of amides is 1. The summed E-state index contributed by atoms with van der Waals surface area (Å²) in [5.41, 5.74) is 0.838. The SMILES string of the molecule is CN1CCN(c2cc(NC(=O)COc3cccc4c3OC(C)(C)C4)ncn2)CC1. The highest BCUT2D eigenvalue weighted by Gasteiger charge is 2.32. The molecule has 0 unspecified atom stereocenters. The number of likely N-dealkylation sites (N-methyl/N-ethyl adjacent to an activating group) is 1. The van der Waals surface area contributed by atoms with Crippen LogP contribution in [0.4, 0.5) is 11.6 Å². The van der Waals surface area contributed by atoms with Crippen LogP contribution in [0.25, 0.3) is 0 Å². The third-order valence-electron chi connectivity index (χ3n) is 5.16. The highest BCUT2D eigenvalue weighted by molar-refractivity contribution is 5.91. The fourth-order valence-corrected chi connectivity index (χ4v) is 3.65. The zero-order chi connectivity index (χ0) is 20.4. The Labute approximate surface area is 170 Å². The van der Waals surface area contributed by atoms with Gasteiger partial charge >= 0.3 is 0 Å². The van der Waals surface area contributed by atoms with Crippen molar-refractivity contribution >= 4 is 17.5 Å². The van der Waals surface area contributed by atoms with Gasteiger partial charge in [0.05, 0.1) is 0 Å². The molecule has 8 heteroatoms. The summed E-state index contributed by atoms with van der Waals surface area (Å²) in [6.07, 6.45) is 2.30. The molecule has 0 bridgehead atoms. The van der Waals surface area contributed by atoms with E-state index in [-0.39, 0.29) is 18.1 Å². The van der Waals surface area contributed by atoms with Crippen molar-refractivity contribution in [1.29, 1.82) is 0 Å². The molecule has 0 spiro atoms. The van der Waals surface area contributed by atoms with Gasteiger partial charge in [-0.1, -0.05) is 12.1 Å². The summed E-state index contributed by atoms with van der Waals surface area (Å²) in [6, 6.07) is 7.57. The van der Waals surface area contributed by atoms with Crippen molar-refractivity contribution in [1.82, 2.24) is 14.9 Å². The van der Waals surface area contributed by atoms with Crippen LogP contribution in [-0.2, 0) is 11.2 Å². The monoisotopic (exact) mass is 397 g/mol. The summed E-state index contributed by atoms with van der Waals surface area (Å²) in [5, 5.41) is 2.79. The molecule has 8 nitrogen and oxygen atoms in total. The molecule has 0 saturated carbocycles. The molecule has 3 heterocycles. The summed E-state index contributed by atoms with van der Waals surface area (Å²) in [7, 11) is 2.11. The van der Waals surface area contributed by atoms with E-state index in [1.54, 1.807) is 6.07 Å². The average Bonchev–Trinajstić information content (AvgIpc) is 3.01. The predicted octanol–water partition coefficient (Wildman–Crippen LogP) is 1.96. The van der Waals surface area contributed by atoms with Crippen molar-refractivity contribution in [3.8, 4) is 11.5 Å². The minimum absolute atomic E-state index is 0.117. The molecular weight excluding hydrogens is 370 g/mol. The van der Waals surface area contributed by atoms with E-state index in [0.717, 1.165) is 49.7 Å². The number of carbonyl (C=O) groups excluding carboxylic acids is 1. The second-order valence-corrected chi connectivity index (χ2v) is 8.17. The van der Waals surface area contributed by atoms with Crippen molar-refractivity contribution < 1.29 is 14.3 Å². The first-order valence-electron chi connectivity index (χ1n) is 9.89. The van der Waals surface area contributed by atoms with E-state index in [9.17, 15) is 4.79 Å². The molecular formula is C21H27N5O3. The Balaban J connectivity index is 1.35. The second-order valence-electron chi connectivity index (χ2n) is 8.17. The third-order valence-corrected chi connectivity index (χ3v) is 5.16. The number of para-hydroxylation sites is 1. The molecule has 1 amide bonds. The largest absolute Gasteiger partial charge is 0.483 e. The fraction of sp³-hybridized carbons (Fsp3) is 0.476. The molecule has 1 aromatic carbocycles. The van der Waals surface area contributed by atoms with Crippen molar-refractivity contribution in [2.45, 2.75) is 25.9 Å². The summed E-state index contributed by atoms with van der Waals surface area (Å²) < 4.78 is 11.7. The first-order valence-corrected chi connectivity index (χ1v) is 9.89. The topological polar surface area (TPSA) is 79.8 Å². The molecule has 1 aromatic heterocycles. The Hall–Kier alpha value is -2.87. The van der Waals surface area contributed by atoms with Gasteiger partial charge in [0.15, 0.2) is 18.1 Å². The number of nitrogens with one attached hydrogen (secondary N) is 1. The Kier molecular flexibility index (Phi) is 5.27. The second kappa shape index (κ2) is 7.87. The van der Waals surface area contributed by atoms with Gasteiger partial charge in [0.2, 0.25) is 0 Å². The molecule has 0 aliphatic carbocycles. The summed E-state index contributed by atoms with van der Waals surface area (Å²) >= 11 is 0. The number of anilines is 2. The van der Waals surface area contributed by atoms with Gasteiger partial charge in [-0.2, -0.15) is 0 Å². The van der Waals surface area contributed by atoms with E-state index in [2.05, 4.69) is 32.1 Å². The maximum atomic E-state index is 12.4. The molecule has 0 atom stereocenters. The van der Waals surface area contributed by atoms with Gasteiger partial charge in [-0.05, 0) is 27.0 Å². The lowest BCUT2D eigenvalue weighted by atomic mass is 10.0. The minimum atomic E-state index is -0.275. The molecule has 29 heavy (non-hydrogen) atoms. The van der Waals surface area contributed by atoms with Crippen LogP contribution >= 0.6 is 0 Å². The molecule has 2 aromatic rings. The Morgan fingerprint density at radius 3 is 2.83 bits per heavy atom. The Morgan fingerprint density at radius 1 is 1.24 bits per heavy atom. The number of hydrogen-bond donors (Lipinski definition) is 1. The minimum Gasteiger partial charge on any atom is -0.483 e. The predicted molar refractivity (Wildman–Crippen MR) is 111 cm³/mol. The number of hydrogen-bond acceptors (Lipinski definition) is 7. The number of benzene rings is 1. The van der Waals surface area contributed by atoms with E-state index in [0.29, 0.717) is 11.6 Å². The first-order chi connectivity index (χ1) is 13.9. The van der Waals surface area contributed by atoms with Crippen LogP contribution < -0.4 is 19.7 Å². The Bertz CT molecular complexity index is 894. The summed E-state index contributed by atoms with van der Waals surface area (Å²) in [6.45, 7) is 7.74. The number of piperazine rings is 1. The normalized spacial score (nSPS) is 18.1. The van der Waals surface area contributed by atoms with Crippen LogP contribution in [-0.4, -0.2) is 66.2 Å². The first kappa shape index (κ1) is 19.4. The highest BCUT2D eigenvalue weighted by atomic mass is 16.5. The number of aromatic nitrogens is 2. The van der Waals surface area contributed by atoms with E-state index in [4.69, 9.17) is 9.47 Å². The van der Waals surface area contributed by atoms with Crippen molar-refractivity contribution in [2.24, 2.45) is 0 Å². The van der Waals surface area contributed by atoms with Gasteiger partial charge in [-0.25, -0.2) is 9.97 Å². The molecule has 154 valence electrons. The summed E-state index contributed by atoms with van der Waals surface area (Å²) in [5.74, 6) is 2.33. The third kappa shape index (κ3) is 4.59. The lowest BCUT2D eigenvalue weighted by Crippen LogP contribution is -2.44. The van der Waals surface area contributed by atoms with Crippen LogP contribution in [0, 0.1) is 0 Å². The van der Waals surface area contributed by atoms with Gasteiger partial charge in [0.25, 0.3) is 5.91 Å². The number of rotatable bonds is 5. The van der Waals surface area contributed by atoms with Gasteiger partial charge in [-0.15, -0.1) is 0 Å². The molecule has 4 rings (SSSR count). The van der Waals surface area contributed by atoms with E-state index in [1.807, 2.05) is 32.0 Å². The lowest BCUT2D eigenvalue weighted by molar-refractivity contribution is -0.118. The maximum Gasteiger partial charge on any atom is 0.263 e. The van der Waals surface area contributed by atoms with E-state index >= 15 is 0 Å². The molecule has 1 fully saturated rings. The number of nitrogens with zero attached hydrogens (tertiary/aromatic N) is 4. The standard InChI is InChI=1S/C21H27N5O3/c1-21(2)12-15-5-4-6-16(20(15)29-21)28-13-19(27)24-17-11-18(23-14-22-17)26-9-7-25(3)8-10-26/h4-6,11,14H,7-10,12-13H2,1-3H3,(H,22,23,24,27). The fourth-order valence-electron chi connectivity index (χ4n) is 3.65. The van der Waals surface area contributed by atoms with Gasteiger partial charge in [0.1, 0.15) is 23.6 Å². The molecule has 1 saturated heterocycles. The van der Waals surface area contributed by atoms with Gasteiger partial charge in [-0.3, -0.25) is 4.79 Å². The molecule has 2 aliphatic heterocycles. The maximum absolute atomic E-state index is 12.4. The quantitative estimate of drug-likeness (QED) is 0.826. The number of carbonyl (C=O) groups is 1. The van der Waals surface area contributed by atoms with E-state index < -0.39 is 0 Å². The van der Waals surface area contributed by atoms with Crippen LogP contribution in [0.3, 0.4) is 0 Å². The van der Waals surface area contributed by atoms with Crippen LogP contribution in [0.15, 0.2) is 30.6 Å². The zero-order valence-electron chi connectivity index (χ0n) is 17.1. The van der Waals surface area contributed by atoms with Crippen LogP contribution in [0.2, 0.25) is 0 Å². The number of fused-ring (bicyclic) bond motifs is 1. The van der Waals surface area contributed by atoms with E-state index in [1.165, 1.54) is 6.33 Å². The van der Waals surface area contributed by atoms with Crippen molar-refractivity contribution in [3.05, 3.63) is 36.2 Å². The van der Waals surface area contributed by atoms with Gasteiger partial charge in [0, 0.05) is 44.2 Å². The average molecular weight is 397 g/mol. The lowest BCUT2D eigenvalue weighted by Gasteiger charge is -2.33. The highest BCUT2D eigenvalue weighted by Crippen LogP contribution is 2.41. The van der Waals surface area contributed by atoms with Crippen LogP contribution in [0.5, 0.6) is 11.5 Å². The van der Waals surface area contributed by atoms with Crippen molar-refractivity contribution in [2.75, 3.05) is 50.1 Å². The van der Waals surface area contributed by atoms with Crippen LogP contribution in [0.1, 0.15) is 19.4 Å². The summed E-state index contributed by atoms with van der Waals surface area (Å²) in [4.78, 5) is 25.4. The smallest absolute Gasteiger partial charge is 0.263 e.